The fourth-order valence-electron chi connectivity index (χ4n) is 1.12. The highest BCUT2D eigenvalue weighted by Gasteiger charge is 2.15. The Bertz CT molecular complexity index is 393. The second-order valence-corrected chi connectivity index (χ2v) is 3.72. The van der Waals surface area contributed by atoms with Gasteiger partial charge >= 0.3 is 11.9 Å². The van der Waals surface area contributed by atoms with Crippen molar-refractivity contribution >= 4 is 29.3 Å². The Labute approximate surface area is 98.4 Å². The van der Waals surface area contributed by atoms with Crippen molar-refractivity contribution in [2.24, 2.45) is 0 Å². The van der Waals surface area contributed by atoms with Gasteiger partial charge in [0.05, 0.1) is 12.3 Å². The van der Waals surface area contributed by atoms with Crippen LogP contribution in [-0.4, -0.2) is 24.7 Å². The molecule has 0 saturated heterocycles. The number of esters is 1. The Balaban J connectivity index is 2.73. The number of ether oxygens (including phenoxy) is 1. The Morgan fingerprint density at radius 1 is 1.38 bits per heavy atom. The van der Waals surface area contributed by atoms with Crippen LogP contribution in [0.15, 0.2) is 29.2 Å². The van der Waals surface area contributed by atoms with E-state index in [0.717, 1.165) is 4.90 Å². The number of thioether (sulfide) groups is 1. The van der Waals surface area contributed by atoms with Gasteiger partial charge in [0.1, 0.15) is 0 Å². The molecule has 0 aromatic heterocycles. The molecular weight excluding hydrogens is 226 g/mol. The third kappa shape index (κ3) is 3.27. The number of carbonyl (C=O) groups is 2. The number of amides is 1. The van der Waals surface area contributed by atoms with Crippen LogP contribution in [0, 0.1) is 0 Å². The third-order valence-corrected chi connectivity index (χ3v) is 2.61. The summed E-state index contributed by atoms with van der Waals surface area (Å²) in [4.78, 5) is 23.4. The van der Waals surface area contributed by atoms with E-state index in [-0.39, 0.29) is 6.61 Å². The minimum absolute atomic E-state index is 0.191. The van der Waals surface area contributed by atoms with Gasteiger partial charge in [0, 0.05) is 4.90 Å². The largest absolute Gasteiger partial charge is 0.459 e. The Kier molecular flexibility index (Phi) is 4.85. The van der Waals surface area contributed by atoms with E-state index in [1.165, 1.54) is 11.8 Å². The van der Waals surface area contributed by atoms with E-state index in [2.05, 4.69) is 10.1 Å². The monoisotopic (exact) mass is 239 g/mol. The van der Waals surface area contributed by atoms with Crippen LogP contribution in [0.3, 0.4) is 0 Å². The van der Waals surface area contributed by atoms with E-state index in [0.29, 0.717) is 5.69 Å². The number of nitrogens with one attached hydrogen (secondary N) is 1. The zero-order valence-corrected chi connectivity index (χ0v) is 9.97. The topological polar surface area (TPSA) is 55.4 Å². The van der Waals surface area contributed by atoms with Gasteiger partial charge in [0.2, 0.25) is 0 Å². The van der Waals surface area contributed by atoms with Crippen LogP contribution < -0.4 is 5.32 Å². The number of rotatable bonds is 3. The summed E-state index contributed by atoms with van der Waals surface area (Å²) in [5, 5.41) is 2.51. The molecule has 0 heterocycles. The van der Waals surface area contributed by atoms with E-state index >= 15 is 0 Å². The molecule has 0 aliphatic rings. The number of para-hydroxylation sites is 1. The standard InChI is InChI=1S/C11H13NO3S/c1-3-15-11(14)10(13)12-8-6-4-5-7-9(8)16-2/h4-7H,3H2,1-2H3,(H,12,13). The Morgan fingerprint density at radius 2 is 2.06 bits per heavy atom. The Morgan fingerprint density at radius 3 is 2.69 bits per heavy atom. The molecule has 0 aliphatic carbocycles. The summed E-state index contributed by atoms with van der Waals surface area (Å²) in [6.45, 7) is 1.84. The highest BCUT2D eigenvalue weighted by atomic mass is 32.2. The zero-order valence-electron chi connectivity index (χ0n) is 9.15. The first kappa shape index (κ1) is 12.6. The summed E-state index contributed by atoms with van der Waals surface area (Å²) in [6, 6.07) is 7.26. The van der Waals surface area contributed by atoms with Crippen molar-refractivity contribution in [3.63, 3.8) is 0 Å². The van der Waals surface area contributed by atoms with E-state index in [9.17, 15) is 9.59 Å². The molecule has 0 radical (unpaired) electrons. The maximum atomic E-state index is 11.4. The molecule has 5 heteroatoms. The van der Waals surface area contributed by atoms with Gasteiger partial charge in [-0.25, -0.2) is 4.79 Å². The summed E-state index contributed by atoms with van der Waals surface area (Å²) < 4.78 is 4.59. The molecule has 1 rings (SSSR count). The first-order valence-electron chi connectivity index (χ1n) is 4.80. The molecule has 1 N–H and O–H groups in total. The molecule has 4 nitrogen and oxygen atoms in total. The molecule has 0 bridgehead atoms. The van der Waals surface area contributed by atoms with E-state index in [4.69, 9.17) is 0 Å². The maximum Gasteiger partial charge on any atom is 0.397 e. The number of carbonyl (C=O) groups excluding carboxylic acids is 2. The first-order chi connectivity index (χ1) is 7.69. The highest BCUT2D eigenvalue weighted by Crippen LogP contribution is 2.24. The minimum atomic E-state index is -0.863. The average molecular weight is 239 g/mol. The van der Waals surface area contributed by atoms with Crippen molar-refractivity contribution in [3.05, 3.63) is 24.3 Å². The van der Waals surface area contributed by atoms with Gasteiger partial charge in [0.25, 0.3) is 0 Å². The van der Waals surface area contributed by atoms with Gasteiger partial charge in [-0.05, 0) is 25.3 Å². The fourth-order valence-corrected chi connectivity index (χ4v) is 1.67. The predicted molar refractivity (Wildman–Crippen MR) is 63.5 cm³/mol. The molecule has 0 atom stereocenters. The fraction of sp³-hybridized carbons (Fsp3) is 0.273. The minimum Gasteiger partial charge on any atom is -0.459 e. The van der Waals surface area contributed by atoms with Gasteiger partial charge in [-0.15, -0.1) is 11.8 Å². The average Bonchev–Trinajstić information content (AvgIpc) is 2.30. The van der Waals surface area contributed by atoms with E-state index < -0.39 is 11.9 Å². The van der Waals surface area contributed by atoms with Gasteiger partial charge in [-0.3, -0.25) is 4.79 Å². The highest BCUT2D eigenvalue weighted by molar-refractivity contribution is 7.98. The van der Waals surface area contributed by atoms with Crippen molar-refractivity contribution in [1.82, 2.24) is 0 Å². The third-order valence-electron chi connectivity index (χ3n) is 1.82. The zero-order chi connectivity index (χ0) is 12.0. The van der Waals surface area contributed by atoms with Gasteiger partial charge in [0.15, 0.2) is 0 Å². The summed E-state index contributed by atoms with van der Waals surface area (Å²) >= 11 is 1.50. The molecule has 1 amide bonds. The van der Waals surface area contributed by atoms with Crippen molar-refractivity contribution in [1.29, 1.82) is 0 Å². The second kappa shape index (κ2) is 6.17. The van der Waals surface area contributed by atoms with Crippen molar-refractivity contribution in [2.75, 3.05) is 18.2 Å². The van der Waals surface area contributed by atoms with Crippen LogP contribution in [0.5, 0.6) is 0 Å². The lowest BCUT2D eigenvalue weighted by molar-refractivity contribution is -0.152. The van der Waals surface area contributed by atoms with Crippen molar-refractivity contribution in [2.45, 2.75) is 11.8 Å². The van der Waals surface area contributed by atoms with Crippen molar-refractivity contribution < 1.29 is 14.3 Å². The lowest BCUT2D eigenvalue weighted by Crippen LogP contribution is -2.25. The lowest BCUT2D eigenvalue weighted by Gasteiger charge is -2.08. The summed E-state index contributed by atoms with van der Waals surface area (Å²) in [6.07, 6.45) is 1.90. The first-order valence-corrected chi connectivity index (χ1v) is 6.02. The SMILES string of the molecule is CCOC(=O)C(=O)Nc1ccccc1SC. The number of anilines is 1. The normalized spacial score (nSPS) is 9.62. The maximum absolute atomic E-state index is 11.4. The molecule has 0 spiro atoms. The summed E-state index contributed by atoms with van der Waals surface area (Å²) in [5.74, 6) is -1.61. The molecule has 1 aromatic carbocycles. The molecule has 0 saturated carbocycles. The van der Waals surface area contributed by atoms with E-state index in [1.54, 1.807) is 19.1 Å². The molecule has 1 aromatic rings. The summed E-state index contributed by atoms with van der Waals surface area (Å²) in [5.41, 5.74) is 0.619. The molecule has 0 unspecified atom stereocenters. The second-order valence-electron chi connectivity index (χ2n) is 2.87. The predicted octanol–water partition coefficient (Wildman–Crippen LogP) is 1.91. The van der Waals surface area contributed by atoms with Gasteiger partial charge in [-0.2, -0.15) is 0 Å². The molecular formula is C11H13NO3S. The van der Waals surface area contributed by atoms with Crippen LogP contribution in [0.1, 0.15) is 6.92 Å². The van der Waals surface area contributed by atoms with Crippen LogP contribution in [0.25, 0.3) is 0 Å². The summed E-state index contributed by atoms with van der Waals surface area (Å²) in [7, 11) is 0. The van der Waals surface area contributed by atoms with Gasteiger partial charge in [-0.1, -0.05) is 12.1 Å². The lowest BCUT2D eigenvalue weighted by atomic mass is 10.3. The van der Waals surface area contributed by atoms with Crippen LogP contribution in [0.4, 0.5) is 5.69 Å². The van der Waals surface area contributed by atoms with Crippen LogP contribution in [-0.2, 0) is 14.3 Å². The van der Waals surface area contributed by atoms with Crippen LogP contribution in [0.2, 0.25) is 0 Å². The Hall–Kier alpha value is -1.49. The molecule has 16 heavy (non-hydrogen) atoms. The quantitative estimate of drug-likeness (QED) is 0.497. The molecule has 0 fully saturated rings. The number of hydrogen-bond acceptors (Lipinski definition) is 4. The van der Waals surface area contributed by atoms with E-state index in [1.807, 2.05) is 18.4 Å². The molecule has 86 valence electrons. The number of hydrogen-bond donors (Lipinski definition) is 1. The molecule has 0 aliphatic heterocycles. The number of benzene rings is 1. The van der Waals surface area contributed by atoms with Crippen LogP contribution >= 0.6 is 11.8 Å². The van der Waals surface area contributed by atoms with Crippen molar-refractivity contribution in [3.8, 4) is 0 Å². The smallest absolute Gasteiger partial charge is 0.397 e. The van der Waals surface area contributed by atoms with Gasteiger partial charge < -0.3 is 10.1 Å².